The molecule has 1 aromatic heterocycles. The van der Waals surface area contributed by atoms with E-state index < -0.39 is 30.5 Å². The van der Waals surface area contributed by atoms with E-state index in [1.807, 2.05) is 0 Å². The van der Waals surface area contributed by atoms with E-state index in [0.717, 1.165) is 11.8 Å². The van der Waals surface area contributed by atoms with E-state index in [1.54, 1.807) is 18.4 Å². The summed E-state index contributed by atoms with van der Waals surface area (Å²) in [5.74, 6) is -1.35. The molecule has 2 aromatic rings. The van der Waals surface area contributed by atoms with Crippen LogP contribution in [-0.2, 0) is 11.8 Å². The molecule has 1 aromatic carbocycles. The number of thioether (sulfide) groups is 1. The number of urea groups is 1. The minimum Gasteiger partial charge on any atom is -0.329 e. The molecule has 3 amide bonds. The van der Waals surface area contributed by atoms with Gasteiger partial charge in [-0.1, -0.05) is 23.9 Å². The van der Waals surface area contributed by atoms with E-state index in [1.165, 1.54) is 28.1 Å². The fourth-order valence-electron chi connectivity index (χ4n) is 1.84. The zero-order valence-electron chi connectivity index (χ0n) is 13.3. The molecule has 0 spiro atoms. The van der Waals surface area contributed by atoms with Gasteiger partial charge >= 0.3 is 12.2 Å². The second-order valence-electron chi connectivity index (χ2n) is 4.98. The second kappa shape index (κ2) is 8.17. The highest BCUT2D eigenvalue weighted by molar-refractivity contribution is 7.99. The summed E-state index contributed by atoms with van der Waals surface area (Å²) in [7, 11) is 1.57. The Kier molecular flexibility index (Phi) is 6.18. The molecule has 12 heteroatoms. The molecule has 2 N–H and O–H groups in total. The van der Waals surface area contributed by atoms with Crippen LogP contribution < -0.4 is 10.6 Å². The summed E-state index contributed by atoms with van der Waals surface area (Å²) in [6, 6.07) is 4.69. The fourth-order valence-corrected chi connectivity index (χ4v) is 2.55. The number of aromatic nitrogens is 3. The first kappa shape index (κ1) is 19.7. The van der Waals surface area contributed by atoms with Crippen LogP contribution in [0, 0.1) is 5.82 Å². The van der Waals surface area contributed by atoms with Crippen LogP contribution in [-0.4, -0.2) is 45.2 Å². The van der Waals surface area contributed by atoms with Crippen molar-refractivity contribution in [3.63, 3.8) is 0 Å². The third-order valence-corrected chi connectivity index (χ3v) is 4.00. The predicted octanol–water partition coefficient (Wildman–Crippen LogP) is 2.10. The Hall–Kier alpha value is -2.63. The molecule has 0 saturated carbocycles. The van der Waals surface area contributed by atoms with Crippen molar-refractivity contribution in [3.8, 4) is 11.4 Å². The molecule has 26 heavy (non-hydrogen) atoms. The summed E-state index contributed by atoms with van der Waals surface area (Å²) < 4.78 is 51.1. The van der Waals surface area contributed by atoms with Gasteiger partial charge in [-0.3, -0.25) is 10.1 Å². The van der Waals surface area contributed by atoms with Gasteiger partial charge in [0.2, 0.25) is 5.91 Å². The lowest BCUT2D eigenvalue weighted by Gasteiger charge is -2.09. The Morgan fingerprint density at radius 2 is 1.92 bits per heavy atom. The summed E-state index contributed by atoms with van der Waals surface area (Å²) in [6.07, 6.45) is -4.57. The van der Waals surface area contributed by atoms with Crippen molar-refractivity contribution in [2.24, 2.45) is 7.05 Å². The maximum atomic E-state index is 13.8. The molecular formula is C14H13F4N5O2S. The number of imide groups is 1. The SMILES string of the molecule is Cn1c(SCC(=O)NC(=O)NCC(F)(F)F)nnc1-c1ccccc1F. The number of carbonyl (C=O) groups excluding carboxylic acids is 2. The lowest BCUT2D eigenvalue weighted by molar-refractivity contribution is -0.124. The molecule has 0 unspecified atom stereocenters. The maximum absolute atomic E-state index is 13.8. The highest BCUT2D eigenvalue weighted by Gasteiger charge is 2.28. The molecule has 2 rings (SSSR count). The molecule has 140 valence electrons. The van der Waals surface area contributed by atoms with E-state index in [-0.39, 0.29) is 22.3 Å². The number of alkyl halides is 3. The Morgan fingerprint density at radius 1 is 1.23 bits per heavy atom. The summed E-state index contributed by atoms with van der Waals surface area (Å²) in [4.78, 5) is 22.8. The first-order chi connectivity index (χ1) is 12.2. The molecule has 7 nitrogen and oxygen atoms in total. The van der Waals surface area contributed by atoms with E-state index >= 15 is 0 Å². The monoisotopic (exact) mass is 391 g/mol. The summed E-state index contributed by atoms with van der Waals surface area (Å²) in [6.45, 7) is -1.55. The van der Waals surface area contributed by atoms with Crippen molar-refractivity contribution in [3.05, 3.63) is 30.1 Å². The quantitative estimate of drug-likeness (QED) is 0.602. The topological polar surface area (TPSA) is 88.9 Å². The zero-order valence-corrected chi connectivity index (χ0v) is 14.1. The molecule has 0 aliphatic rings. The summed E-state index contributed by atoms with van der Waals surface area (Å²) in [5.41, 5.74) is 0.227. The van der Waals surface area contributed by atoms with E-state index in [0.29, 0.717) is 0 Å². The lowest BCUT2D eigenvalue weighted by Crippen LogP contribution is -2.43. The smallest absolute Gasteiger partial charge is 0.329 e. The van der Waals surface area contributed by atoms with Gasteiger partial charge in [-0.05, 0) is 12.1 Å². The molecular weight excluding hydrogens is 378 g/mol. The van der Waals surface area contributed by atoms with E-state index in [4.69, 9.17) is 0 Å². The van der Waals surface area contributed by atoms with Crippen molar-refractivity contribution in [2.45, 2.75) is 11.3 Å². The number of nitrogens with zero attached hydrogens (tertiary/aromatic N) is 3. The van der Waals surface area contributed by atoms with Gasteiger partial charge < -0.3 is 9.88 Å². The van der Waals surface area contributed by atoms with Crippen molar-refractivity contribution in [1.29, 1.82) is 0 Å². The molecule has 0 saturated heterocycles. The third-order valence-electron chi connectivity index (χ3n) is 2.98. The number of rotatable bonds is 5. The van der Waals surface area contributed by atoms with Crippen LogP contribution in [0.25, 0.3) is 11.4 Å². The van der Waals surface area contributed by atoms with Gasteiger partial charge in [-0.25, -0.2) is 9.18 Å². The number of carbonyl (C=O) groups is 2. The summed E-state index contributed by atoms with van der Waals surface area (Å²) in [5, 5.41) is 11.2. The minimum atomic E-state index is -4.57. The third kappa shape index (κ3) is 5.44. The molecule has 0 fully saturated rings. The van der Waals surface area contributed by atoms with Crippen LogP contribution in [0.4, 0.5) is 22.4 Å². The molecule has 0 atom stereocenters. The van der Waals surface area contributed by atoms with Crippen LogP contribution in [0.5, 0.6) is 0 Å². The van der Waals surface area contributed by atoms with Crippen LogP contribution in [0.1, 0.15) is 0 Å². The van der Waals surface area contributed by atoms with Crippen LogP contribution in [0.15, 0.2) is 29.4 Å². The fraction of sp³-hybridized carbons (Fsp3) is 0.286. The Bertz CT molecular complexity index is 809. The van der Waals surface area contributed by atoms with Gasteiger partial charge in [0.05, 0.1) is 11.3 Å². The van der Waals surface area contributed by atoms with E-state index in [9.17, 15) is 27.2 Å². The second-order valence-corrected chi connectivity index (χ2v) is 5.92. The van der Waals surface area contributed by atoms with Gasteiger partial charge in [0.25, 0.3) is 0 Å². The number of benzene rings is 1. The number of halogens is 4. The Labute approximate surface area is 149 Å². The van der Waals surface area contributed by atoms with Crippen LogP contribution in [0.3, 0.4) is 0 Å². The standard InChI is InChI=1S/C14H13F4N5O2S/c1-23-11(8-4-2-3-5-9(8)15)21-22-13(23)26-6-10(24)20-12(25)19-7-14(16,17)18/h2-5H,6-7H2,1H3,(H2,19,20,24,25). The van der Waals surface area contributed by atoms with E-state index in [2.05, 4.69) is 10.2 Å². The van der Waals surface area contributed by atoms with Crippen LogP contribution in [0.2, 0.25) is 0 Å². The average molecular weight is 391 g/mol. The zero-order chi connectivity index (χ0) is 19.3. The maximum Gasteiger partial charge on any atom is 0.405 e. The molecule has 0 radical (unpaired) electrons. The lowest BCUT2D eigenvalue weighted by atomic mass is 10.2. The number of amides is 3. The van der Waals surface area contributed by atoms with Crippen LogP contribution >= 0.6 is 11.8 Å². The molecule has 0 aliphatic heterocycles. The molecule has 0 bridgehead atoms. The molecule has 0 aliphatic carbocycles. The largest absolute Gasteiger partial charge is 0.405 e. The predicted molar refractivity (Wildman–Crippen MR) is 84.7 cm³/mol. The number of hydrogen-bond acceptors (Lipinski definition) is 5. The normalized spacial score (nSPS) is 11.3. The van der Waals surface area contributed by atoms with Crippen molar-refractivity contribution in [1.82, 2.24) is 25.4 Å². The average Bonchev–Trinajstić information content (AvgIpc) is 2.92. The summed E-state index contributed by atoms with van der Waals surface area (Å²) >= 11 is 0.895. The minimum absolute atomic E-state index is 0.227. The number of hydrogen-bond donors (Lipinski definition) is 2. The first-order valence-electron chi connectivity index (χ1n) is 7.09. The Morgan fingerprint density at radius 3 is 2.58 bits per heavy atom. The number of nitrogens with one attached hydrogen (secondary N) is 2. The van der Waals surface area contributed by atoms with Gasteiger partial charge in [-0.15, -0.1) is 10.2 Å². The van der Waals surface area contributed by atoms with Crippen molar-refractivity contribution in [2.75, 3.05) is 12.3 Å². The van der Waals surface area contributed by atoms with Gasteiger partial charge in [0.15, 0.2) is 11.0 Å². The van der Waals surface area contributed by atoms with Gasteiger partial charge in [0, 0.05) is 7.05 Å². The highest BCUT2D eigenvalue weighted by atomic mass is 32.2. The van der Waals surface area contributed by atoms with Gasteiger partial charge in [-0.2, -0.15) is 13.2 Å². The highest BCUT2D eigenvalue weighted by Crippen LogP contribution is 2.24. The van der Waals surface area contributed by atoms with Gasteiger partial charge in [0.1, 0.15) is 12.4 Å². The van der Waals surface area contributed by atoms with Crippen molar-refractivity contribution < 1.29 is 27.2 Å². The molecule has 1 heterocycles. The van der Waals surface area contributed by atoms with Crippen molar-refractivity contribution >= 4 is 23.7 Å². The first-order valence-corrected chi connectivity index (χ1v) is 8.07. The Balaban J connectivity index is 1.91.